The van der Waals surface area contributed by atoms with Crippen molar-refractivity contribution in [3.8, 4) is 0 Å². The van der Waals surface area contributed by atoms with Gasteiger partial charge in [-0.1, -0.05) is 47.1 Å². The number of carboxylic acids is 2. The Kier molecular flexibility index (Phi) is 18.5. The number of nitrogens with zero attached hydrogens (tertiary/aromatic N) is 3. The number of hydrogen-bond donors (Lipinski definition) is 6. The Morgan fingerprint density at radius 1 is 1.02 bits per heavy atom. The minimum Gasteiger partial charge on any atom is -0.480 e. The second-order valence-corrected chi connectivity index (χ2v) is 17.5. The number of carbonyl (C=O) groups excluding carboxylic acids is 6. The molecule has 7 N–H and O–H groups in total. The summed E-state index contributed by atoms with van der Waals surface area (Å²) in [6.45, 7) is 15.6. The number of nitrogens with two attached hydrogens (primary N) is 1. The number of carboxylic acid groups (broad SMARTS) is 2. The number of rotatable bonds is 20. The highest BCUT2D eigenvalue weighted by molar-refractivity contribution is 8.00. The predicted molar refractivity (Wildman–Crippen MR) is 211 cm³/mol. The highest BCUT2D eigenvalue weighted by atomic mass is 32.2. The van der Waals surface area contributed by atoms with Crippen LogP contribution < -0.4 is 21.7 Å². The first-order valence-electron chi connectivity index (χ1n) is 19.2. The molecule has 0 aromatic heterocycles. The van der Waals surface area contributed by atoms with Crippen LogP contribution in [0.3, 0.4) is 0 Å². The van der Waals surface area contributed by atoms with Gasteiger partial charge in [0.2, 0.25) is 35.4 Å². The third-order valence-electron chi connectivity index (χ3n) is 10.1. The SMILES string of the molecule is C/C(=C\[C@H](C(C)C)N(C)C(=O)C(NC(=O)[C@H]1CCCCN1C(C)C)C(C)(C)C)C(=O)N[C@H](CCC(=O)NCCN1C(=O)CC(SC[C@H](N)C(=O)O)C1=O)C(=O)O. The van der Waals surface area contributed by atoms with Crippen LogP contribution >= 0.6 is 11.8 Å². The highest BCUT2D eigenvalue weighted by Crippen LogP contribution is 2.27. The Bertz CT molecular complexity index is 1500. The van der Waals surface area contributed by atoms with Crippen molar-refractivity contribution in [2.24, 2.45) is 17.1 Å². The average Bonchev–Trinajstić information content (AvgIpc) is 3.39. The Morgan fingerprint density at radius 3 is 2.21 bits per heavy atom. The van der Waals surface area contributed by atoms with Crippen molar-refractivity contribution in [1.82, 2.24) is 30.7 Å². The summed E-state index contributed by atoms with van der Waals surface area (Å²) < 4.78 is 0. The number of likely N-dealkylation sites (N-methyl/N-ethyl adjacent to an activating group) is 1. The fraction of sp³-hybridized carbons (Fsp3) is 0.737. The maximum absolute atomic E-state index is 14.1. The molecule has 0 radical (unpaired) electrons. The molecular formula is C38H63N7O10S. The molecule has 0 aromatic rings. The van der Waals surface area contributed by atoms with Crippen LogP contribution in [-0.4, -0.2) is 146 Å². The summed E-state index contributed by atoms with van der Waals surface area (Å²) in [5, 5.41) is 26.0. The molecule has 316 valence electrons. The molecule has 2 aliphatic rings. The summed E-state index contributed by atoms with van der Waals surface area (Å²) in [6.07, 6.45) is 3.59. The van der Waals surface area contributed by atoms with E-state index in [0.717, 1.165) is 36.0 Å². The zero-order valence-electron chi connectivity index (χ0n) is 34.3. The summed E-state index contributed by atoms with van der Waals surface area (Å²) >= 11 is 0.980. The number of piperidine rings is 1. The molecule has 0 bridgehead atoms. The third kappa shape index (κ3) is 13.9. The second-order valence-electron chi connectivity index (χ2n) is 16.3. The van der Waals surface area contributed by atoms with Gasteiger partial charge in [0, 0.05) is 50.3 Å². The molecule has 2 saturated heterocycles. The molecule has 0 spiro atoms. The molecule has 2 fully saturated rings. The van der Waals surface area contributed by atoms with Gasteiger partial charge in [0.05, 0.1) is 17.3 Å². The molecule has 0 aromatic carbocycles. The van der Waals surface area contributed by atoms with E-state index in [4.69, 9.17) is 10.8 Å². The van der Waals surface area contributed by atoms with Crippen molar-refractivity contribution in [2.45, 2.75) is 135 Å². The van der Waals surface area contributed by atoms with Crippen LogP contribution in [0.4, 0.5) is 0 Å². The van der Waals surface area contributed by atoms with Gasteiger partial charge in [0.1, 0.15) is 18.1 Å². The van der Waals surface area contributed by atoms with Crippen LogP contribution in [0.2, 0.25) is 0 Å². The van der Waals surface area contributed by atoms with Gasteiger partial charge in [-0.15, -0.1) is 11.8 Å². The maximum atomic E-state index is 14.1. The number of amides is 6. The third-order valence-corrected chi connectivity index (χ3v) is 11.4. The van der Waals surface area contributed by atoms with E-state index in [1.807, 2.05) is 34.6 Å². The first-order valence-corrected chi connectivity index (χ1v) is 20.3. The van der Waals surface area contributed by atoms with Crippen molar-refractivity contribution >= 4 is 59.1 Å². The highest BCUT2D eigenvalue weighted by Gasteiger charge is 2.41. The minimum atomic E-state index is -1.42. The summed E-state index contributed by atoms with van der Waals surface area (Å²) in [5.74, 6) is -5.54. The van der Waals surface area contributed by atoms with Gasteiger partial charge >= 0.3 is 11.9 Å². The van der Waals surface area contributed by atoms with E-state index >= 15 is 0 Å². The monoisotopic (exact) mass is 809 g/mol. The van der Waals surface area contributed by atoms with Gasteiger partial charge in [0.15, 0.2) is 0 Å². The lowest BCUT2D eigenvalue weighted by molar-refractivity contribution is -0.142. The minimum absolute atomic E-state index is 0.0494. The molecule has 56 heavy (non-hydrogen) atoms. The molecule has 0 aliphatic carbocycles. The fourth-order valence-electron chi connectivity index (χ4n) is 6.68. The van der Waals surface area contributed by atoms with Crippen molar-refractivity contribution in [2.75, 3.05) is 32.4 Å². The van der Waals surface area contributed by atoms with E-state index in [2.05, 4.69) is 34.7 Å². The van der Waals surface area contributed by atoms with E-state index in [1.165, 1.54) is 11.8 Å². The van der Waals surface area contributed by atoms with Crippen LogP contribution in [0.5, 0.6) is 0 Å². The molecule has 0 saturated carbocycles. The van der Waals surface area contributed by atoms with Gasteiger partial charge < -0.3 is 36.8 Å². The number of nitrogens with one attached hydrogen (secondary N) is 3. The molecule has 6 amide bonds. The van der Waals surface area contributed by atoms with E-state index in [0.29, 0.717) is 6.42 Å². The molecule has 17 nitrogen and oxygen atoms in total. The Labute approximate surface area is 334 Å². The van der Waals surface area contributed by atoms with Crippen molar-refractivity contribution < 1.29 is 48.6 Å². The standard InChI is InChI=1S/C38H63N7O10S/c1-21(2)27(43(9)35(51)31(38(6,7)8)42-33(49)26-12-10-11-16-44(26)22(3)4)18-23(5)32(48)41-25(37(54)55)13-14-29(46)40-15-17-45-30(47)19-28(34(45)50)56-20-24(39)36(52)53/h18,21-22,24-28,31H,10-17,19-20,39H2,1-9H3,(H,40,46)(H,41,48)(H,42,49)(H,52,53)(H,54,55)/b23-18+/t24-,25+,26+,27+,28?,31?/m0/s1. The Hall–Kier alpha value is -4.03. The molecular weight excluding hydrogens is 747 g/mol. The largest absolute Gasteiger partial charge is 0.480 e. The number of imide groups is 1. The Balaban J connectivity index is 2.02. The lowest BCUT2D eigenvalue weighted by Gasteiger charge is -2.41. The Morgan fingerprint density at radius 2 is 1.66 bits per heavy atom. The molecule has 2 rings (SSSR count). The maximum Gasteiger partial charge on any atom is 0.326 e. The van der Waals surface area contributed by atoms with Gasteiger partial charge in [-0.2, -0.15) is 0 Å². The smallest absolute Gasteiger partial charge is 0.326 e. The quantitative estimate of drug-likeness (QED) is 0.0742. The summed E-state index contributed by atoms with van der Waals surface area (Å²) in [4.78, 5) is 106. The molecule has 2 heterocycles. The zero-order chi connectivity index (χ0) is 42.7. The van der Waals surface area contributed by atoms with Crippen molar-refractivity contribution in [3.63, 3.8) is 0 Å². The second kappa shape index (κ2) is 21.5. The van der Waals surface area contributed by atoms with E-state index in [-0.39, 0.29) is 73.5 Å². The summed E-state index contributed by atoms with van der Waals surface area (Å²) in [6, 6.07) is -4.21. The fourth-order valence-corrected chi connectivity index (χ4v) is 7.80. The normalized spacial score (nSPS) is 20.4. The van der Waals surface area contributed by atoms with Crippen LogP contribution in [0.25, 0.3) is 0 Å². The van der Waals surface area contributed by atoms with Crippen LogP contribution in [0.1, 0.15) is 93.9 Å². The van der Waals surface area contributed by atoms with Crippen LogP contribution in [-0.2, 0) is 38.4 Å². The van der Waals surface area contributed by atoms with Gasteiger partial charge in [-0.05, 0) is 57.9 Å². The van der Waals surface area contributed by atoms with Crippen LogP contribution in [0.15, 0.2) is 11.6 Å². The number of likely N-dealkylation sites (tertiary alicyclic amines) is 2. The lowest BCUT2D eigenvalue weighted by atomic mass is 9.84. The number of hydrogen-bond acceptors (Lipinski definition) is 11. The van der Waals surface area contributed by atoms with Crippen LogP contribution in [0, 0.1) is 11.3 Å². The number of thioether (sulfide) groups is 1. The van der Waals surface area contributed by atoms with Gasteiger partial charge in [-0.25, -0.2) is 4.79 Å². The van der Waals surface area contributed by atoms with Crippen molar-refractivity contribution in [1.29, 1.82) is 0 Å². The van der Waals surface area contributed by atoms with E-state index in [9.17, 15) is 43.5 Å². The van der Waals surface area contributed by atoms with E-state index < -0.39 is 70.4 Å². The lowest BCUT2D eigenvalue weighted by Crippen LogP contribution is -2.60. The van der Waals surface area contributed by atoms with Gasteiger partial charge in [0.25, 0.3) is 0 Å². The van der Waals surface area contributed by atoms with Gasteiger partial charge in [-0.3, -0.25) is 43.4 Å². The first kappa shape index (κ1) is 48.1. The average molecular weight is 810 g/mol. The summed E-state index contributed by atoms with van der Waals surface area (Å²) in [7, 11) is 1.62. The number of aliphatic carboxylic acids is 2. The van der Waals surface area contributed by atoms with Crippen molar-refractivity contribution in [3.05, 3.63) is 11.6 Å². The molecule has 2 aliphatic heterocycles. The zero-order valence-corrected chi connectivity index (χ0v) is 35.1. The predicted octanol–water partition coefficient (Wildman–Crippen LogP) is 0.948. The molecule has 6 atom stereocenters. The molecule has 2 unspecified atom stereocenters. The number of carbonyl (C=O) groups is 8. The molecule has 18 heteroatoms. The van der Waals surface area contributed by atoms with E-state index in [1.54, 1.807) is 13.1 Å². The summed E-state index contributed by atoms with van der Waals surface area (Å²) in [5.41, 5.74) is 5.00. The first-order chi connectivity index (χ1) is 26.0. The topological polar surface area (TPSA) is 249 Å².